The van der Waals surface area contributed by atoms with E-state index in [0.29, 0.717) is 28.7 Å². The maximum Gasteiger partial charge on any atom is 0.261 e. The molecule has 3 amide bonds. The molecule has 2 aliphatic carbocycles. The van der Waals surface area contributed by atoms with Crippen LogP contribution in [0.25, 0.3) is 0 Å². The normalized spacial score (nSPS) is 29.1. The Bertz CT molecular complexity index is 697. The third-order valence-corrected chi connectivity index (χ3v) is 5.43. The van der Waals surface area contributed by atoms with E-state index in [1.54, 1.807) is 18.2 Å². The number of amides is 3. The van der Waals surface area contributed by atoms with Crippen molar-refractivity contribution in [3.05, 3.63) is 29.3 Å². The van der Waals surface area contributed by atoms with E-state index in [0.717, 1.165) is 17.7 Å². The summed E-state index contributed by atoms with van der Waals surface area (Å²) in [6.07, 6.45) is 4.59. The highest BCUT2D eigenvalue weighted by Gasteiger charge is 2.43. The average Bonchev–Trinajstić information content (AvgIpc) is 3.19. The molecule has 1 N–H and O–H groups in total. The van der Waals surface area contributed by atoms with Crippen molar-refractivity contribution in [1.29, 1.82) is 0 Å². The number of benzene rings is 1. The Morgan fingerprint density at radius 1 is 1.14 bits per heavy atom. The highest BCUT2D eigenvalue weighted by atomic mass is 16.2. The zero-order chi connectivity index (χ0) is 15.4. The zero-order valence-electron chi connectivity index (χ0n) is 12.5. The molecule has 3 atom stereocenters. The topological polar surface area (TPSA) is 66.5 Å². The van der Waals surface area contributed by atoms with Gasteiger partial charge >= 0.3 is 0 Å². The van der Waals surface area contributed by atoms with Gasteiger partial charge in [-0.25, -0.2) is 0 Å². The molecule has 4 rings (SSSR count). The number of rotatable bonds is 2. The Labute approximate surface area is 128 Å². The number of hydrogen-bond acceptors (Lipinski definition) is 3. The Kier molecular flexibility index (Phi) is 2.86. The van der Waals surface area contributed by atoms with Crippen LogP contribution in [0.1, 0.15) is 46.4 Å². The average molecular weight is 298 g/mol. The lowest BCUT2D eigenvalue weighted by Gasteiger charge is -2.20. The summed E-state index contributed by atoms with van der Waals surface area (Å²) < 4.78 is 0. The standard InChI is InChI=1S/C17H18N2O3/c1-19-16(21)12-5-4-11(8-14(12)17(19)22)18-15(20)13-7-9-2-3-10(13)6-9/h4-5,8-10,13H,2-3,6-7H2,1H3,(H,18,20). The van der Waals surface area contributed by atoms with Crippen LogP contribution in [-0.4, -0.2) is 29.7 Å². The Morgan fingerprint density at radius 3 is 2.59 bits per heavy atom. The Morgan fingerprint density at radius 2 is 1.91 bits per heavy atom. The molecular weight excluding hydrogens is 280 g/mol. The van der Waals surface area contributed by atoms with E-state index in [4.69, 9.17) is 0 Å². The van der Waals surface area contributed by atoms with E-state index >= 15 is 0 Å². The summed E-state index contributed by atoms with van der Waals surface area (Å²) in [6, 6.07) is 4.94. The second-order valence-corrected chi connectivity index (χ2v) is 6.70. The molecule has 22 heavy (non-hydrogen) atoms. The second-order valence-electron chi connectivity index (χ2n) is 6.70. The van der Waals surface area contributed by atoms with E-state index in [1.807, 2.05) is 0 Å². The highest BCUT2D eigenvalue weighted by molar-refractivity contribution is 6.21. The zero-order valence-corrected chi connectivity index (χ0v) is 12.5. The minimum Gasteiger partial charge on any atom is -0.326 e. The van der Waals surface area contributed by atoms with Crippen molar-refractivity contribution < 1.29 is 14.4 Å². The molecular formula is C17H18N2O3. The Balaban J connectivity index is 1.54. The molecule has 5 heteroatoms. The summed E-state index contributed by atoms with van der Waals surface area (Å²) in [7, 11) is 1.47. The highest BCUT2D eigenvalue weighted by Crippen LogP contribution is 2.48. The van der Waals surface area contributed by atoms with Gasteiger partial charge in [0.1, 0.15) is 0 Å². The van der Waals surface area contributed by atoms with Crippen LogP contribution in [0, 0.1) is 17.8 Å². The van der Waals surface area contributed by atoms with Gasteiger partial charge in [0.15, 0.2) is 0 Å². The number of nitrogens with zero attached hydrogens (tertiary/aromatic N) is 1. The van der Waals surface area contributed by atoms with Crippen LogP contribution in [0.4, 0.5) is 5.69 Å². The molecule has 2 bridgehead atoms. The van der Waals surface area contributed by atoms with Crippen LogP contribution in [0.2, 0.25) is 0 Å². The number of fused-ring (bicyclic) bond motifs is 3. The first kappa shape index (κ1) is 13.5. The molecule has 114 valence electrons. The molecule has 0 saturated heterocycles. The molecule has 3 aliphatic rings. The first-order valence-electron chi connectivity index (χ1n) is 7.82. The van der Waals surface area contributed by atoms with Gasteiger partial charge in [-0.05, 0) is 49.3 Å². The summed E-state index contributed by atoms with van der Waals surface area (Å²) in [5.41, 5.74) is 1.38. The van der Waals surface area contributed by atoms with Crippen molar-refractivity contribution in [2.24, 2.45) is 17.8 Å². The first-order chi connectivity index (χ1) is 10.5. The van der Waals surface area contributed by atoms with Crippen molar-refractivity contribution in [2.45, 2.75) is 25.7 Å². The van der Waals surface area contributed by atoms with E-state index < -0.39 is 0 Å². The van der Waals surface area contributed by atoms with Gasteiger partial charge in [-0.15, -0.1) is 0 Å². The van der Waals surface area contributed by atoms with Crippen molar-refractivity contribution in [3.63, 3.8) is 0 Å². The molecule has 5 nitrogen and oxygen atoms in total. The summed E-state index contributed by atoms with van der Waals surface area (Å²) in [5.74, 6) is 0.800. The van der Waals surface area contributed by atoms with Crippen molar-refractivity contribution >= 4 is 23.4 Å². The molecule has 1 aromatic carbocycles. The lowest BCUT2D eigenvalue weighted by molar-refractivity contribution is -0.121. The number of carbonyl (C=O) groups is 3. The second kappa shape index (κ2) is 4.66. The maximum absolute atomic E-state index is 12.4. The summed E-state index contributed by atoms with van der Waals surface area (Å²) >= 11 is 0. The minimum absolute atomic E-state index is 0.0530. The van der Waals surface area contributed by atoms with Gasteiger partial charge in [-0.3, -0.25) is 19.3 Å². The SMILES string of the molecule is CN1C(=O)c2ccc(NC(=O)C3CC4CCC3C4)cc2C1=O. The van der Waals surface area contributed by atoms with Crippen LogP contribution < -0.4 is 5.32 Å². The number of nitrogens with one attached hydrogen (secondary N) is 1. The number of carbonyl (C=O) groups excluding carboxylic acids is 3. The van der Waals surface area contributed by atoms with Crippen molar-refractivity contribution in [2.75, 3.05) is 12.4 Å². The fourth-order valence-corrected chi connectivity index (χ4v) is 4.24. The van der Waals surface area contributed by atoms with Gasteiger partial charge in [0, 0.05) is 18.7 Å². The van der Waals surface area contributed by atoms with E-state index in [1.165, 1.54) is 19.9 Å². The van der Waals surface area contributed by atoms with E-state index in [9.17, 15) is 14.4 Å². The van der Waals surface area contributed by atoms with Gasteiger partial charge < -0.3 is 5.32 Å². The van der Waals surface area contributed by atoms with Gasteiger partial charge in [0.2, 0.25) is 5.91 Å². The first-order valence-corrected chi connectivity index (χ1v) is 7.82. The van der Waals surface area contributed by atoms with Gasteiger partial charge in [-0.2, -0.15) is 0 Å². The van der Waals surface area contributed by atoms with E-state index in [2.05, 4.69) is 5.32 Å². The Hall–Kier alpha value is -2.17. The fraction of sp³-hybridized carbons (Fsp3) is 0.471. The molecule has 0 aromatic heterocycles. The minimum atomic E-state index is -0.309. The smallest absolute Gasteiger partial charge is 0.261 e. The lowest BCUT2D eigenvalue weighted by atomic mass is 9.88. The van der Waals surface area contributed by atoms with Crippen LogP contribution in [0.5, 0.6) is 0 Å². The van der Waals surface area contributed by atoms with E-state index in [-0.39, 0.29) is 23.6 Å². The van der Waals surface area contributed by atoms with Gasteiger partial charge in [0.05, 0.1) is 11.1 Å². The lowest BCUT2D eigenvalue weighted by Crippen LogP contribution is -2.27. The van der Waals surface area contributed by atoms with Crippen LogP contribution in [0.15, 0.2) is 18.2 Å². The molecule has 1 aliphatic heterocycles. The van der Waals surface area contributed by atoms with Crippen molar-refractivity contribution in [1.82, 2.24) is 4.90 Å². The summed E-state index contributed by atoms with van der Waals surface area (Å²) in [5, 5.41) is 2.93. The van der Waals surface area contributed by atoms with Crippen LogP contribution in [0.3, 0.4) is 0 Å². The number of hydrogen-bond donors (Lipinski definition) is 1. The van der Waals surface area contributed by atoms with Gasteiger partial charge in [-0.1, -0.05) is 6.42 Å². The largest absolute Gasteiger partial charge is 0.326 e. The van der Waals surface area contributed by atoms with Crippen LogP contribution in [-0.2, 0) is 4.79 Å². The molecule has 0 spiro atoms. The maximum atomic E-state index is 12.4. The molecule has 0 radical (unpaired) electrons. The predicted octanol–water partition coefficient (Wildman–Crippen LogP) is 2.29. The quantitative estimate of drug-likeness (QED) is 0.852. The molecule has 1 heterocycles. The third kappa shape index (κ3) is 1.88. The molecule has 2 fully saturated rings. The van der Waals surface area contributed by atoms with Gasteiger partial charge in [0.25, 0.3) is 11.8 Å². The van der Waals surface area contributed by atoms with Crippen molar-refractivity contribution in [3.8, 4) is 0 Å². The number of anilines is 1. The molecule has 2 saturated carbocycles. The third-order valence-electron chi connectivity index (χ3n) is 5.43. The number of imide groups is 1. The summed E-state index contributed by atoms with van der Waals surface area (Å²) in [4.78, 5) is 37.4. The monoisotopic (exact) mass is 298 g/mol. The van der Waals surface area contributed by atoms with Crippen LogP contribution >= 0.6 is 0 Å². The molecule has 1 aromatic rings. The predicted molar refractivity (Wildman–Crippen MR) is 80.4 cm³/mol. The molecule has 3 unspecified atom stereocenters. The fourth-order valence-electron chi connectivity index (χ4n) is 4.24. The summed E-state index contributed by atoms with van der Waals surface area (Å²) in [6.45, 7) is 0.